The van der Waals surface area contributed by atoms with Crippen LogP contribution in [0.5, 0.6) is 5.75 Å². The number of hydrogen-bond donors (Lipinski definition) is 3. The average Bonchev–Trinajstić information content (AvgIpc) is 3.12. The first-order chi connectivity index (χ1) is 18.0. The molecule has 2 unspecified atom stereocenters. The Labute approximate surface area is 230 Å². The van der Waals surface area contributed by atoms with Crippen molar-refractivity contribution < 1.29 is 24.3 Å². The van der Waals surface area contributed by atoms with Gasteiger partial charge in [-0.2, -0.15) is 0 Å². The summed E-state index contributed by atoms with van der Waals surface area (Å²) in [6.45, 7) is 8.50. The van der Waals surface area contributed by atoms with Crippen molar-refractivity contribution in [3.8, 4) is 5.75 Å². The fourth-order valence-corrected chi connectivity index (χ4v) is 6.46. The normalized spacial score (nSPS) is 22.7. The van der Waals surface area contributed by atoms with Crippen LogP contribution in [0.15, 0.2) is 24.3 Å². The summed E-state index contributed by atoms with van der Waals surface area (Å²) < 4.78 is 0. The van der Waals surface area contributed by atoms with Gasteiger partial charge >= 0.3 is 0 Å². The zero-order valence-corrected chi connectivity index (χ0v) is 23.9. The van der Waals surface area contributed by atoms with E-state index in [1.807, 2.05) is 13.8 Å². The SMILES string of the molecule is CC(C)CCSC1CC(=O)N(CC2CCC(C(=O)NC(Cc3ccc(O)cc3)C(=O)NC(C)C)CC2)C1=O. The molecule has 1 aromatic rings. The number of thioether (sulfide) groups is 1. The van der Waals surface area contributed by atoms with Gasteiger partial charge in [-0.3, -0.25) is 24.1 Å². The Bertz CT molecular complexity index is 973. The fourth-order valence-electron chi connectivity index (χ4n) is 5.04. The molecule has 1 saturated carbocycles. The highest BCUT2D eigenvalue weighted by Crippen LogP contribution is 2.33. The van der Waals surface area contributed by atoms with Crippen molar-refractivity contribution in [1.29, 1.82) is 0 Å². The minimum atomic E-state index is -0.711. The predicted octanol–water partition coefficient (Wildman–Crippen LogP) is 3.66. The molecule has 8 nitrogen and oxygen atoms in total. The molecular weight excluding hydrogens is 502 g/mol. The summed E-state index contributed by atoms with van der Waals surface area (Å²) >= 11 is 1.60. The Balaban J connectivity index is 1.51. The zero-order valence-electron chi connectivity index (χ0n) is 23.1. The van der Waals surface area contributed by atoms with Gasteiger partial charge in [-0.05, 0) is 81.2 Å². The van der Waals surface area contributed by atoms with E-state index in [0.29, 0.717) is 38.1 Å². The maximum atomic E-state index is 13.1. The molecule has 210 valence electrons. The number of carbonyl (C=O) groups is 4. The molecule has 1 saturated heterocycles. The second kappa shape index (κ2) is 14.0. The summed E-state index contributed by atoms with van der Waals surface area (Å²) in [6, 6.07) is 5.86. The van der Waals surface area contributed by atoms with Crippen LogP contribution in [0.2, 0.25) is 0 Å². The average molecular weight is 546 g/mol. The topological polar surface area (TPSA) is 116 Å². The first-order valence-electron chi connectivity index (χ1n) is 13.9. The molecule has 9 heteroatoms. The highest BCUT2D eigenvalue weighted by Gasteiger charge is 2.40. The molecule has 0 radical (unpaired) electrons. The number of phenols is 1. The van der Waals surface area contributed by atoms with Gasteiger partial charge in [0.25, 0.3) is 0 Å². The van der Waals surface area contributed by atoms with Crippen molar-refractivity contribution in [3.63, 3.8) is 0 Å². The number of imide groups is 1. The summed E-state index contributed by atoms with van der Waals surface area (Å²) in [7, 11) is 0. The van der Waals surface area contributed by atoms with Gasteiger partial charge < -0.3 is 15.7 Å². The summed E-state index contributed by atoms with van der Waals surface area (Å²) in [6.07, 6.45) is 4.51. The molecule has 2 fully saturated rings. The number of benzene rings is 1. The molecule has 2 aliphatic rings. The minimum Gasteiger partial charge on any atom is -0.508 e. The van der Waals surface area contributed by atoms with Crippen LogP contribution in [0.4, 0.5) is 0 Å². The van der Waals surface area contributed by atoms with Crippen LogP contribution in [-0.2, 0) is 25.6 Å². The van der Waals surface area contributed by atoms with Gasteiger partial charge in [0.2, 0.25) is 23.6 Å². The largest absolute Gasteiger partial charge is 0.508 e. The predicted molar refractivity (Wildman–Crippen MR) is 150 cm³/mol. The number of likely N-dealkylation sites (tertiary alicyclic amines) is 1. The van der Waals surface area contributed by atoms with Crippen molar-refractivity contribution in [3.05, 3.63) is 29.8 Å². The number of carbonyl (C=O) groups excluding carboxylic acids is 4. The van der Waals surface area contributed by atoms with Crippen LogP contribution in [0.25, 0.3) is 0 Å². The summed E-state index contributed by atoms with van der Waals surface area (Å²) in [5, 5.41) is 15.1. The lowest BCUT2D eigenvalue weighted by Crippen LogP contribution is -2.51. The minimum absolute atomic E-state index is 0.0543. The summed E-state index contributed by atoms with van der Waals surface area (Å²) in [5.74, 6) is 1.10. The molecule has 1 aliphatic carbocycles. The number of hydrogen-bond acceptors (Lipinski definition) is 6. The summed E-state index contributed by atoms with van der Waals surface area (Å²) in [4.78, 5) is 52.8. The van der Waals surface area contributed by atoms with E-state index in [0.717, 1.165) is 30.6 Å². The quantitative estimate of drug-likeness (QED) is 0.345. The molecule has 0 aromatic heterocycles. The van der Waals surface area contributed by atoms with Crippen LogP contribution in [-0.4, -0.2) is 63.3 Å². The molecule has 1 aliphatic heterocycles. The number of aromatic hydroxyl groups is 1. The standard InChI is InChI=1S/C29H43N3O5S/c1-18(2)13-14-38-25-16-26(34)32(29(25)37)17-21-5-9-22(10-6-21)27(35)31-24(28(36)30-19(3)4)15-20-7-11-23(33)12-8-20/h7-8,11-12,18-19,21-22,24-25,33H,5-6,9-10,13-17H2,1-4H3,(H,30,36)(H,31,35). The smallest absolute Gasteiger partial charge is 0.243 e. The van der Waals surface area contributed by atoms with Crippen LogP contribution < -0.4 is 10.6 Å². The first kappa shape index (κ1) is 30.0. The molecule has 4 amide bonds. The van der Waals surface area contributed by atoms with E-state index < -0.39 is 6.04 Å². The molecular formula is C29H43N3O5S. The van der Waals surface area contributed by atoms with E-state index in [-0.39, 0.29) is 52.5 Å². The van der Waals surface area contributed by atoms with Gasteiger partial charge in [0.15, 0.2) is 0 Å². The fraction of sp³-hybridized carbons (Fsp3) is 0.655. The van der Waals surface area contributed by atoms with E-state index in [4.69, 9.17) is 0 Å². The van der Waals surface area contributed by atoms with Crippen LogP contribution in [0.3, 0.4) is 0 Å². The third-order valence-corrected chi connectivity index (χ3v) is 8.56. The first-order valence-corrected chi connectivity index (χ1v) is 14.9. The molecule has 3 N–H and O–H groups in total. The molecule has 1 aromatic carbocycles. The highest BCUT2D eigenvalue weighted by molar-refractivity contribution is 8.00. The lowest BCUT2D eigenvalue weighted by molar-refractivity contribution is -0.139. The Kier molecular flexibility index (Phi) is 11.1. The van der Waals surface area contributed by atoms with Crippen molar-refractivity contribution >= 4 is 35.4 Å². The van der Waals surface area contributed by atoms with E-state index in [2.05, 4.69) is 24.5 Å². The van der Waals surface area contributed by atoms with E-state index in [1.54, 1.807) is 36.0 Å². The van der Waals surface area contributed by atoms with Crippen molar-refractivity contribution in [2.75, 3.05) is 12.3 Å². The van der Waals surface area contributed by atoms with Crippen LogP contribution in [0.1, 0.15) is 71.8 Å². The van der Waals surface area contributed by atoms with E-state index in [9.17, 15) is 24.3 Å². The highest BCUT2D eigenvalue weighted by atomic mass is 32.2. The van der Waals surface area contributed by atoms with Crippen LogP contribution in [0, 0.1) is 17.8 Å². The van der Waals surface area contributed by atoms with E-state index in [1.165, 1.54) is 4.90 Å². The Morgan fingerprint density at radius 2 is 1.68 bits per heavy atom. The number of phenolic OH excluding ortho intramolecular Hbond substituents is 1. The van der Waals surface area contributed by atoms with Crippen LogP contribution >= 0.6 is 11.8 Å². The maximum absolute atomic E-state index is 13.1. The van der Waals surface area contributed by atoms with Crippen molar-refractivity contribution in [1.82, 2.24) is 15.5 Å². The number of rotatable bonds is 12. The maximum Gasteiger partial charge on any atom is 0.243 e. The lowest BCUT2D eigenvalue weighted by Gasteiger charge is -2.31. The van der Waals surface area contributed by atoms with Gasteiger partial charge in [-0.25, -0.2) is 0 Å². The van der Waals surface area contributed by atoms with Gasteiger partial charge in [0.05, 0.1) is 5.25 Å². The Morgan fingerprint density at radius 3 is 2.29 bits per heavy atom. The zero-order chi connectivity index (χ0) is 27.8. The number of nitrogens with zero attached hydrogens (tertiary/aromatic N) is 1. The second-order valence-corrected chi connectivity index (χ2v) is 12.7. The molecule has 0 spiro atoms. The third-order valence-electron chi connectivity index (χ3n) is 7.32. The van der Waals surface area contributed by atoms with Crippen molar-refractivity contribution in [2.24, 2.45) is 17.8 Å². The lowest BCUT2D eigenvalue weighted by atomic mass is 9.81. The van der Waals surface area contributed by atoms with Gasteiger partial charge in [-0.1, -0.05) is 26.0 Å². The van der Waals surface area contributed by atoms with Crippen molar-refractivity contribution in [2.45, 2.75) is 90.0 Å². The van der Waals surface area contributed by atoms with E-state index >= 15 is 0 Å². The number of amides is 4. The van der Waals surface area contributed by atoms with Gasteiger partial charge in [0, 0.05) is 31.3 Å². The summed E-state index contributed by atoms with van der Waals surface area (Å²) in [5.41, 5.74) is 0.844. The van der Waals surface area contributed by atoms with Gasteiger partial charge in [0.1, 0.15) is 11.8 Å². The molecule has 2 atom stereocenters. The molecule has 3 rings (SSSR count). The monoisotopic (exact) mass is 545 g/mol. The number of nitrogens with one attached hydrogen (secondary N) is 2. The molecule has 38 heavy (non-hydrogen) atoms. The Morgan fingerprint density at radius 1 is 1.03 bits per heavy atom. The molecule has 1 heterocycles. The Hall–Kier alpha value is -2.55. The second-order valence-electron chi connectivity index (χ2n) is 11.4. The third kappa shape index (κ3) is 8.75. The molecule has 0 bridgehead atoms. The van der Waals surface area contributed by atoms with Gasteiger partial charge in [-0.15, -0.1) is 11.8 Å².